The molecule has 4 nitrogen and oxygen atoms in total. The summed E-state index contributed by atoms with van der Waals surface area (Å²) in [5, 5.41) is 15.9. The number of nitrogens with one attached hydrogen (secondary N) is 1. The van der Waals surface area contributed by atoms with E-state index in [-0.39, 0.29) is 11.3 Å². The maximum atomic E-state index is 10.9. The van der Waals surface area contributed by atoms with Gasteiger partial charge in [0, 0.05) is 22.4 Å². The molecule has 0 fully saturated rings. The van der Waals surface area contributed by atoms with E-state index < -0.39 is 5.97 Å². The minimum atomic E-state index is -1.02. The van der Waals surface area contributed by atoms with Crippen molar-refractivity contribution in [2.45, 2.75) is 0 Å². The van der Waals surface area contributed by atoms with Gasteiger partial charge in [0.25, 0.3) is 0 Å². The summed E-state index contributed by atoms with van der Waals surface area (Å²) in [5.41, 5.74) is 7.58. The van der Waals surface area contributed by atoms with Gasteiger partial charge in [-0.2, -0.15) is 11.3 Å². The van der Waals surface area contributed by atoms with E-state index in [1.807, 2.05) is 16.8 Å². The van der Waals surface area contributed by atoms with Crippen molar-refractivity contribution in [2.75, 3.05) is 11.1 Å². The second-order valence-corrected chi connectivity index (χ2v) is 4.02. The second-order valence-electron chi connectivity index (χ2n) is 3.24. The predicted molar refractivity (Wildman–Crippen MR) is 65.4 cm³/mol. The lowest BCUT2D eigenvalue weighted by atomic mass is 10.1. The average Bonchev–Trinajstić information content (AvgIpc) is 2.73. The number of nitrogens with two attached hydrogens (primary N) is 1. The van der Waals surface area contributed by atoms with E-state index in [2.05, 4.69) is 5.32 Å². The first-order valence-corrected chi connectivity index (χ1v) is 5.53. The van der Waals surface area contributed by atoms with Crippen molar-refractivity contribution in [1.82, 2.24) is 0 Å². The quantitative estimate of drug-likeness (QED) is 0.714. The van der Waals surface area contributed by atoms with Crippen molar-refractivity contribution in [1.29, 1.82) is 0 Å². The van der Waals surface area contributed by atoms with Gasteiger partial charge in [-0.1, -0.05) is 0 Å². The van der Waals surface area contributed by atoms with Gasteiger partial charge in [-0.05, 0) is 29.6 Å². The number of rotatable bonds is 3. The number of hydrogen-bond donors (Lipinski definition) is 3. The van der Waals surface area contributed by atoms with Gasteiger partial charge >= 0.3 is 5.97 Å². The minimum absolute atomic E-state index is 0.111. The number of benzene rings is 1. The highest BCUT2D eigenvalue weighted by molar-refractivity contribution is 7.08. The normalized spacial score (nSPS) is 10.0. The predicted octanol–water partition coefficient (Wildman–Crippen LogP) is 2.77. The lowest BCUT2D eigenvalue weighted by Gasteiger charge is -2.06. The van der Waals surface area contributed by atoms with Gasteiger partial charge in [-0.3, -0.25) is 0 Å². The first-order valence-electron chi connectivity index (χ1n) is 4.59. The Morgan fingerprint density at radius 1 is 1.31 bits per heavy atom. The second kappa shape index (κ2) is 4.24. The van der Waals surface area contributed by atoms with Gasteiger partial charge in [-0.25, -0.2) is 4.79 Å². The van der Waals surface area contributed by atoms with Crippen LogP contribution in [-0.2, 0) is 0 Å². The highest BCUT2D eigenvalue weighted by Gasteiger charge is 2.08. The third kappa shape index (κ3) is 2.14. The number of carboxylic acids is 1. The van der Waals surface area contributed by atoms with Crippen molar-refractivity contribution < 1.29 is 9.90 Å². The van der Waals surface area contributed by atoms with Crippen LogP contribution in [0, 0.1) is 0 Å². The zero-order valence-corrected chi connectivity index (χ0v) is 9.12. The molecule has 0 aliphatic carbocycles. The van der Waals surface area contributed by atoms with E-state index in [0.29, 0.717) is 5.69 Å². The van der Waals surface area contributed by atoms with Crippen LogP contribution in [0.4, 0.5) is 17.1 Å². The molecule has 0 saturated heterocycles. The number of anilines is 3. The monoisotopic (exact) mass is 234 g/mol. The molecule has 1 heterocycles. The molecule has 82 valence electrons. The Labute approximate surface area is 96.3 Å². The molecule has 2 rings (SSSR count). The molecule has 0 aliphatic rings. The van der Waals surface area contributed by atoms with Crippen LogP contribution in [0.1, 0.15) is 10.4 Å². The lowest BCUT2D eigenvalue weighted by Crippen LogP contribution is -2.03. The summed E-state index contributed by atoms with van der Waals surface area (Å²) in [5.74, 6) is -1.02. The number of thiophene rings is 1. The summed E-state index contributed by atoms with van der Waals surface area (Å²) in [6.07, 6.45) is 0. The van der Waals surface area contributed by atoms with Crippen LogP contribution in [0.2, 0.25) is 0 Å². The third-order valence-corrected chi connectivity index (χ3v) is 2.78. The highest BCUT2D eigenvalue weighted by Crippen LogP contribution is 2.22. The van der Waals surface area contributed by atoms with Gasteiger partial charge in [0.2, 0.25) is 0 Å². The molecule has 16 heavy (non-hydrogen) atoms. The summed E-state index contributed by atoms with van der Waals surface area (Å²) < 4.78 is 0. The van der Waals surface area contributed by atoms with Crippen molar-refractivity contribution in [3.05, 3.63) is 40.6 Å². The fraction of sp³-hybridized carbons (Fsp3) is 0. The van der Waals surface area contributed by atoms with Crippen molar-refractivity contribution in [3.8, 4) is 0 Å². The molecule has 0 bridgehead atoms. The summed E-state index contributed by atoms with van der Waals surface area (Å²) in [6.45, 7) is 0. The smallest absolute Gasteiger partial charge is 0.337 e. The van der Waals surface area contributed by atoms with E-state index in [9.17, 15) is 4.79 Å². The first kappa shape index (κ1) is 10.5. The molecule has 0 spiro atoms. The fourth-order valence-corrected chi connectivity index (χ4v) is 1.91. The van der Waals surface area contributed by atoms with Crippen molar-refractivity contribution in [2.24, 2.45) is 0 Å². The van der Waals surface area contributed by atoms with Crippen LogP contribution < -0.4 is 11.1 Å². The summed E-state index contributed by atoms with van der Waals surface area (Å²) in [4.78, 5) is 10.9. The molecule has 1 aromatic heterocycles. The summed E-state index contributed by atoms with van der Waals surface area (Å²) >= 11 is 1.57. The molecular formula is C11H10N2O2S. The minimum Gasteiger partial charge on any atom is -0.478 e. The molecule has 0 atom stereocenters. The Kier molecular flexibility index (Phi) is 2.78. The Balaban J connectivity index is 2.29. The maximum Gasteiger partial charge on any atom is 0.337 e. The summed E-state index contributed by atoms with van der Waals surface area (Å²) in [7, 11) is 0. The Bertz CT molecular complexity index is 509. The van der Waals surface area contributed by atoms with Gasteiger partial charge in [-0.15, -0.1) is 0 Å². The fourth-order valence-electron chi connectivity index (χ4n) is 1.32. The molecule has 2 aromatic rings. The molecule has 0 saturated carbocycles. The van der Waals surface area contributed by atoms with Crippen LogP contribution in [0.25, 0.3) is 0 Å². The molecule has 0 unspecified atom stereocenters. The Morgan fingerprint density at radius 3 is 2.75 bits per heavy atom. The molecule has 1 aromatic carbocycles. The number of aromatic carboxylic acids is 1. The number of carbonyl (C=O) groups is 1. The number of hydrogen-bond acceptors (Lipinski definition) is 4. The van der Waals surface area contributed by atoms with Crippen LogP contribution in [-0.4, -0.2) is 11.1 Å². The zero-order chi connectivity index (χ0) is 11.5. The third-order valence-electron chi connectivity index (χ3n) is 2.09. The van der Waals surface area contributed by atoms with Crippen LogP contribution in [0.3, 0.4) is 0 Å². The topological polar surface area (TPSA) is 75.3 Å². The Morgan fingerprint density at radius 2 is 2.12 bits per heavy atom. The molecule has 4 N–H and O–H groups in total. The zero-order valence-electron chi connectivity index (χ0n) is 8.31. The maximum absolute atomic E-state index is 10.9. The van der Waals surface area contributed by atoms with Crippen molar-refractivity contribution in [3.63, 3.8) is 0 Å². The lowest BCUT2D eigenvalue weighted by molar-refractivity contribution is 0.0698. The standard InChI is InChI=1S/C11H10N2O2S/c12-10-2-1-7(5-9(10)11(14)15)13-8-3-4-16-6-8/h1-6,13H,12H2,(H,14,15). The molecule has 0 aliphatic heterocycles. The molecule has 0 amide bonds. The first-order chi connectivity index (χ1) is 7.66. The SMILES string of the molecule is Nc1ccc(Nc2ccsc2)cc1C(=O)O. The van der Waals surface area contributed by atoms with E-state index in [1.165, 1.54) is 6.07 Å². The van der Waals surface area contributed by atoms with Gasteiger partial charge in [0.05, 0.1) is 5.56 Å². The van der Waals surface area contributed by atoms with Gasteiger partial charge in [0.1, 0.15) is 0 Å². The molecule has 0 radical (unpaired) electrons. The molecule has 5 heteroatoms. The summed E-state index contributed by atoms with van der Waals surface area (Å²) in [6, 6.07) is 6.77. The van der Waals surface area contributed by atoms with Gasteiger partial charge in [0.15, 0.2) is 0 Å². The van der Waals surface area contributed by atoms with Crippen LogP contribution in [0.5, 0.6) is 0 Å². The Hall–Kier alpha value is -2.01. The molecular weight excluding hydrogens is 224 g/mol. The van der Waals surface area contributed by atoms with Gasteiger partial charge < -0.3 is 16.2 Å². The van der Waals surface area contributed by atoms with Crippen LogP contribution in [0.15, 0.2) is 35.0 Å². The van der Waals surface area contributed by atoms with E-state index >= 15 is 0 Å². The van der Waals surface area contributed by atoms with E-state index in [0.717, 1.165) is 5.69 Å². The number of nitrogen functional groups attached to an aromatic ring is 1. The average molecular weight is 234 g/mol. The van der Waals surface area contributed by atoms with Crippen molar-refractivity contribution >= 4 is 34.4 Å². The highest BCUT2D eigenvalue weighted by atomic mass is 32.1. The van der Waals surface area contributed by atoms with E-state index in [1.54, 1.807) is 23.5 Å². The van der Waals surface area contributed by atoms with Crippen LogP contribution >= 0.6 is 11.3 Å². The number of carboxylic acid groups (broad SMARTS) is 1. The largest absolute Gasteiger partial charge is 0.478 e. The van der Waals surface area contributed by atoms with E-state index in [4.69, 9.17) is 10.8 Å².